The van der Waals surface area contributed by atoms with Crippen LogP contribution < -0.4 is 18.9 Å². The Morgan fingerprint density at radius 3 is 1.61 bits per heavy atom. The number of aliphatic hydroxyl groups is 2. The van der Waals surface area contributed by atoms with Gasteiger partial charge >= 0.3 is 18.9 Å². The van der Waals surface area contributed by atoms with Crippen molar-refractivity contribution in [3.63, 3.8) is 0 Å². The maximum atomic E-state index is 8.40. The van der Waals surface area contributed by atoms with Crippen molar-refractivity contribution in [2.75, 3.05) is 94.9 Å². The maximum absolute atomic E-state index is 8.40. The first-order chi connectivity index (χ1) is 15.2. The molecule has 0 saturated heterocycles. The van der Waals surface area contributed by atoms with Crippen LogP contribution in [0, 0.1) is 11.8 Å². The van der Waals surface area contributed by atoms with Crippen LogP contribution in [0.5, 0.6) is 0 Å². The molecule has 0 atom stereocenters. The normalized spacial score (nSPS) is 9.39. The largest absolute Gasteiger partial charge is 1.00 e. The molecule has 0 spiro atoms. The summed E-state index contributed by atoms with van der Waals surface area (Å²) in [5.41, 5.74) is 0. The zero-order valence-corrected chi connectivity index (χ0v) is 20.8. The molecule has 0 aromatic heterocycles. The minimum absolute atomic E-state index is 0. The van der Waals surface area contributed by atoms with Crippen LogP contribution in [0.1, 0.15) is 27.1 Å². The first-order valence-electron chi connectivity index (χ1n) is 10.3. The fraction of sp³-hybridized carbons (Fsp3) is 0.818. The molecule has 0 rings (SSSR count). The molecule has 0 fully saturated rings. The molecular formula is C22H48AlLiO9. The third-order valence-electron chi connectivity index (χ3n) is 2.89. The van der Waals surface area contributed by atoms with Gasteiger partial charge in [0.25, 0.3) is 0 Å². The van der Waals surface area contributed by atoms with E-state index < -0.39 is 0 Å². The van der Waals surface area contributed by atoms with Crippen LogP contribution in [0.15, 0.2) is 12.2 Å². The molecule has 0 aliphatic carbocycles. The Kier molecular flexibility index (Phi) is 64.4. The van der Waals surface area contributed by atoms with E-state index in [0.717, 1.165) is 12.8 Å². The molecule has 2 N–H and O–H groups in total. The van der Waals surface area contributed by atoms with E-state index in [0.29, 0.717) is 66.1 Å². The van der Waals surface area contributed by atoms with Crippen LogP contribution >= 0.6 is 0 Å². The molecule has 11 heteroatoms. The third-order valence-corrected chi connectivity index (χ3v) is 2.89. The number of rotatable bonds is 18. The monoisotopic (exact) mass is 490 g/mol. The van der Waals surface area contributed by atoms with E-state index in [1.165, 1.54) is 0 Å². The quantitative estimate of drug-likeness (QED) is 0.0712. The number of ether oxygens (including phenoxy) is 7. The summed E-state index contributed by atoms with van der Waals surface area (Å²) in [6.07, 6.45) is 6.78. The van der Waals surface area contributed by atoms with Gasteiger partial charge in [-0.3, -0.25) is 0 Å². The second-order valence-electron chi connectivity index (χ2n) is 5.58. The zero-order chi connectivity index (χ0) is 23.7. The zero-order valence-electron chi connectivity index (χ0n) is 21.8. The van der Waals surface area contributed by atoms with Gasteiger partial charge in [-0.05, 0) is 12.8 Å². The summed E-state index contributed by atoms with van der Waals surface area (Å²) in [6, 6.07) is 0. The van der Waals surface area contributed by atoms with E-state index in [2.05, 4.69) is 21.3 Å². The molecule has 0 bridgehead atoms. The Morgan fingerprint density at radius 2 is 1.12 bits per heavy atom. The van der Waals surface area contributed by atoms with Gasteiger partial charge in [-0.25, -0.2) is 0 Å². The van der Waals surface area contributed by atoms with Crippen molar-refractivity contribution >= 4 is 17.4 Å². The summed E-state index contributed by atoms with van der Waals surface area (Å²) >= 11 is 0. The molecule has 0 unspecified atom stereocenters. The van der Waals surface area contributed by atoms with Gasteiger partial charge in [0, 0.05) is 47.9 Å². The van der Waals surface area contributed by atoms with Gasteiger partial charge in [-0.2, -0.15) is 0 Å². The summed E-state index contributed by atoms with van der Waals surface area (Å²) in [7, 11) is 6.48. The maximum Gasteiger partial charge on any atom is 1.00 e. The van der Waals surface area contributed by atoms with E-state index in [1.54, 1.807) is 28.4 Å². The Balaban J connectivity index is -0.0000000833. The average Bonchev–Trinajstić information content (AvgIpc) is 2.79. The molecule has 194 valence electrons. The fourth-order valence-electron chi connectivity index (χ4n) is 1.49. The van der Waals surface area contributed by atoms with Crippen LogP contribution in [-0.4, -0.2) is 122 Å². The van der Waals surface area contributed by atoms with Gasteiger partial charge in [0.05, 0.1) is 46.2 Å². The van der Waals surface area contributed by atoms with E-state index in [4.69, 9.17) is 33.9 Å². The van der Waals surface area contributed by atoms with Crippen molar-refractivity contribution in [2.24, 2.45) is 0 Å². The molecule has 0 aliphatic rings. The molecule has 0 heterocycles. The Morgan fingerprint density at radius 1 is 0.606 bits per heavy atom. The van der Waals surface area contributed by atoms with Gasteiger partial charge in [-0.15, -0.1) is 11.8 Å². The molecule has 0 radical (unpaired) electrons. The Bertz CT molecular complexity index is 381. The average molecular weight is 491 g/mol. The predicted molar refractivity (Wildman–Crippen MR) is 131 cm³/mol. The second kappa shape index (κ2) is 49.3. The molecular weight excluding hydrogens is 442 g/mol. The molecule has 33 heavy (non-hydrogen) atoms. The third kappa shape index (κ3) is 59.5. The Labute approximate surface area is 225 Å². The molecule has 0 aromatic rings. The Hall–Kier alpha value is 0.0699. The van der Waals surface area contributed by atoms with E-state index in [-0.39, 0.29) is 50.9 Å². The van der Waals surface area contributed by atoms with Gasteiger partial charge in [0.15, 0.2) is 17.4 Å². The number of hydrogen-bond donors (Lipinski definition) is 2. The first-order valence-corrected chi connectivity index (χ1v) is 10.3. The number of methoxy groups -OCH3 is 4. The summed E-state index contributed by atoms with van der Waals surface area (Å²) < 4.78 is 33.9. The molecule has 0 aromatic carbocycles. The fourth-order valence-corrected chi connectivity index (χ4v) is 1.49. The summed E-state index contributed by atoms with van der Waals surface area (Å²) in [5, 5.41) is 16.8. The number of aliphatic hydroxyl groups excluding tert-OH is 2. The van der Waals surface area contributed by atoms with Crippen LogP contribution in [-0.2, 0) is 33.2 Å². The van der Waals surface area contributed by atoms with Gasteiger partial charge in [0.1, 0.15) is 13.6 Å². The van der Waals surface area contributed by atoms with Crippen molar-refractivity contribution in [1.82, 2.24) is 0 Å². The van der Waals surface area contributed by atoms with Crippen molar-refractivity contribution in [2.45, 2.75) is 25.7 Å². The van der Waals surface area contributed by atoms with Gasteiger partial charge in [0.2, 0.25) is 0 Å². The first kappa shape index (κ1) is 43.2. The predicted octanol–water partition coefficient (Wildman–Crippen LogP) is -2.45. The SMILES string of the molecule is COCCOCCOC.COCOCC/C=C/CCO.COCOCCC#CCCO.[AlH3].[H-].[Li+]. The van der Waals surface area contributed by atoms with Crippen LogP contribution in [0.4, 0.5) is 0 Å². The summed E-state index contributed by atoms with van der Waals surface area (Å²) in [4.78, 5) is 0. The minimum Gasteiger partial charge on any atom is -1.00 e. The van der Waals surface area contributed by atoms with E-state index >= 15 is 0 Å². The van der Waals surface area contributed by atoms with Crippen molar-refractivity contribution < 1.29 is 63.7 Å². The van der Waals surface area contributed by atoms with E-state index in [9.17, 15) is 0 Å². The van der Waals surface area contributed by atoms with Crippen molar-refractivity contribution in [1.29, 1.82) is 0 Å². The molecule has 0 aliphatic heterocycles. The van der Waals surface area contributed by atoms with Crippen LogP contribution in [0.3, 0.4) is 0 Å². The standard InChI is InChI=1S/C8H16O3.C8H14O3.C6H14O3.Al.Li.4H/c2*1-10-8-11-7-5-3-2-4-6-9;1-7-3-5-9-6-4-8-2;;;;;;/h2-3,9H,4-8H2,1H3;9H,4-8H2,1H3;3-6H2,1-2H3;;;;;;/q;;;;+1;;;;-1/b3-2+;;;;;;;;. The molecule has 0 amide bonds. The summed E-state index contributed by atoms with van der Waals surface area (Å²) in [6.45, 7) is 4.91. The van der Waals surface area contributed by atoms with Crippen LogP contribution in [0.25, 0.3) is 0 Å². The van der Waals surface area contributed by atoms with Crippen molar-refractivity contribution in [3.05, 3.63) is 12.2 Å². The summed E-state index contributed by atoms with van der Waals surface area (Å²) in [5.74, 6) is 5.65. The van der Waals surface area contributed by atoms with Gasteiger partial charge in [-0.1, -0.05) is 12.2 Å². The topological polar surface area (TPSA) is 105 Å². The molecule has 0 saturated carbocycles. The van der Waals surface area contributed by atoms with Gasteiger partial charge < -0.3 is 44.8 Å². The van der Waals surface area contributed by atoms with Crippen molar-refractivity contribution in [3.8, 4) is 11.8 Å². The van der Waals surface area contributed by atoms with E-state index in [1.807, 2.05) is 12.2 Å². The second-order valence-corrected chi connectivity index (χ2v) is 5.58. The smallest absolute Gasteiger partial charge is 1.00 e. The molecule has 9 nitrogen and oxygen atoms in total. The number of hydrogen-bond acceptors (Lipinski definition) is 9. The van der Waals surface area contributed by atoms with Crippen LogP contribution in [0.2, 0.25) is 0 Å². The minimum atomic E-state index is 0.